The number of hydrogen-bond donors (Lipinski definition) is 0. The van der Waals surface area contributed by atoms with Crippen LogP contribution in [0.15, 0.2) is 61.2 Å². The zero-order valence-electron chi connectivity index (χ0n) is 13.0. The fraction of sp³-hybridized carbons (Fsp3) is 0. The van der Waals surface area contributed by atoms with Crippen LogP contribution in [0.1, 0.15) is 5.69 Å². The highest BCUT2D eigenvalue weighted by Gasteiger charge is 2.15. The highest BCUT2D eigenvalue weighted by Crippen LogP contribution is 2.34. The third kappa shape index (κ3) is 3.01. The van der Waals surface area contributed by atoms with Gasteiger partial charge in [-0.2, -0.15) is 0 Å². The van der Waals surface area contributed by atoms with Crippen molar-refractivity contribution in [2.75, 3.05) is 0 Å². The second kappa shape index (κ2) is 6.59. The normalized spacial score (nSPS) is 10.4. The molecule has 5 nitrogen and oxygen atoms in total. The van der Waals surface area contributed by atoms with Crippen LogP contribution in [-0.2, 0) is 0 Å². The van der Waals surface area contributed by atoms with Gasteiger partial charge in [0.2, 0.25) is 0 Å². The number of terminal acetylenes is 1. The Balaban J connectivity index is 1.80. The van der Waals surface area contributed by atoms with Crippen molar-refractivity contribution < 1.29 is 0 Å². The van der Waals surface area contributed by atoms with Crippen LogP contribution in [0.2, 0.25) is 0 Å². The first-order valence-electron chi connectivity index (χ1n) is 7.48. The molecule has 0 saturated heterocycles. The number of pyridine rings is 2. The number of aromatic nitrogens is 5. The maximum atomic E-state index is 5.65. The topological polar surface area (TPSA) is 64.5 Å². The molecular weight excluding hydrogens is 330 g/mol. The summed E-state index contributed by atoms with van der Waals surface area (Å²) in [5.41, 5.74) is 2.95. The van der Waals surface area contributed by atoms with Crippen molar-refractivity contribution in [1.29, 1.82) is 0 Å². The third-order valence-corrected chi connectivity index (χ3v) is 4.58. The van der Waals surface area contributed by atoms with Crippen LogP contribution in [0.3, 0.4) is 0 Å². The molecule has 0 unspecified atom stereocenters. The van der Waals surface area contributed by atoms with Crippen molar-refractivity contribution in [2.24, 2.45) is 0 Å². The molecule has 0 atom stereocenters. The Kier molecular flexibility index (Phi) is 3.99. The molecule has 4 heterocycles. The van der Waals surface area contributed by atoms with E-state index >= 15 is 0 Å². The summed E-state index contributed by atoms with van der Waals surface area (Å²) >= 11 is 1.50. The average molecular weight is 341 g/mol. The number of nitrogens with zero attached hydrogens (tertiary/aromatic N) is 5. The van der Waals surface area contributed by atoms with E-state index in [1.54, 1.807) is 30.9 Å². The molecule has 25 heavy (non-hydrogen) atoms. The molecule has 6 heteroatoms. The molecule has 0 bridgehead atoms. The third-order valence-electron chi connectivity index (χ3n) is 3.45. The van der Waals surface area contributed by atoms with E-state index in [-0.39, 0.29) is 0 Å². The van der Waals surface area contributed by atoms with Crippen molar-refractivity contribution in [3.05, 3.63) is 66.9 Å². The lowest BCUT2D eigenvalue weighted by atomic mass is 10.2. The molecule has 118 valence electrons. The van der Waals surface area contributed by atoms with Gasteiger partial charge in [-0.05, 0) is 36.3 Å². The Bertz CT molecular complexity index is 1050. The molecule has 0 aromatic carbocycles. The molecule has 4 rings (SSSR count). The van der Waals surface area contributed by atoms with Gasteiger partial charge >= 0.3 is 0 Å². The average Bonchev–Trinajstić information content (AvgIpc) is 3.14. The fourth-order valence-electron chi connectivity index (χ4n) is 2.32. The standard InChI is InChI=1S/C19H11N5S/c1-2-14-17(25-19(24-14)13-6-4-9-20-12-13)15-7-3-8-16(23-15)18-21-10-5-11-22-18/h1,3-12H. The molecule has 0 aliphatic rings. The molecule has 0 spiro atoms. The van der Waals surface area contributed by atoms with Gasteiger partial charge in [-0.3, -0.25) is 4.98 Å². The lowest BCUT2D eigenvalue weighted by Crippen LogP contribution is -1.92. The van der Waals surface area contributed by atoms with E-state index in [0.29, 0.717) is 17.2 Å². The number of thiazole rings is 1. The monoisotopic (exact) mass is 341 g/mol. The van der Waals surface area contributed by atoms with Crippen molar-refractivity contribution in [1.82, 2.24) is 24.9 Å². The molecular formula is C19H11N5S. The van der Waals surface area contributed by atoms with Gasteiger partial charge in [0.15, 0.2) is 5.82 Å². The molecule has 0 amide bonds. The number of rotatable bonds is 3. The molecule has 4 aromatic heterocycles. The van der Waals surface area contributed by atoms with E-state index in [2.05, 4.69) is 30.8 Å². The second-order valence-corrected chi connectivity index (χ2v) is 6.06. The van der Waals surface area contributed by atoms with Crippen LogP contribution in [0.25, 0.3) is 32.7 Å². The summed E-state index contributed by atoms with van der Waals surface area (Å²) in [5, 5.41) is 0.819. The fourth-order valence-corrected chi connectivity index (χ4v) is 3.31. The molecule has 0 N–H and O–H groups in total. The molecule has 4 aromatic rings. The largest absolute Gasteiger partial charge is 0.264 e. The van der Waals surface area contributed by atoms with E-state index in [1.165, 1.54) is 11.3 Å². The molecule has 0 aliphatic carbocycles. The lowest BCUT2D eigenvalue weighted by molar-refractivity contribution is 1.14. The zero-order chi connectivity index (χ0) is 17.1. The molecule has 0 saturated carbocycles. The van der Waals surface area contributed by atoms with Crippen molar-refractivity contribution >= 4 is 11.3 Å². The van der Waals surface area contributed by atoms with E-state index in [9.17, 15) is 0 Å². The second-order valence-electron chi connectivity index (χ2n) is 5.06. The summed E-state index contributed by atoms with van der Waals surface area (Å²) in [7, 11) is 0. The summed E-state index contributed by atoms with van der Waals surface area (Å²) < 4.78 is 0. The minimum absolute atomic E-state index is 0.572. The highest BCUT2D eigenvalue weighted by atomic mass is 32.1. The van der Waals surface area contributed by atoms with E-state index in [1.807, 2.05) is 30.3 Å². The Morgan fingerprint density at radius 1 is 0.880 bits per heavy atom. The van der Waals surface area contributed by atoms with Gasteiger partial charge in [-0.1, -0.05) is 6.07 Å². The molecule has 0 fully saturated rings. The Morgan fingerprint density at radius 3 is 2.48 bits per heavy atom. The van der Waals surface area contributed by atoms with Crippen LogP contribution in [-0.4, -0.2) is 24.9 Å². The summed E-state index contributed by atoms with van der Waals surface area (Å²) in [4.78, 5) is 22.7. The van der Waals surface area contributed by atoms with Gasteiger partial charge in [0.25, 0.3) is 0 Å². The number of hydrogen-bond acceptors (Lipinski definition) is 6. The molecule has 0 radical (unpaired) electrons. The maximum Gasteiger partial charge on any atom is 0.178 e. The van der Waals surface area contributed by atoms with Crippen LogP contribution in [0.4, 0.5) is 0 Å². The predicted octanol–water partition coefficient (Wildman–Crippen LogP) is 3.71. The minimum atomic E-state index is 0.572. The first-order valence-corrected chi connectivity index (χ1v) is 8.29. The van der Waals surface area contributed by atoms with Crippen molar-refractivity contribution in [3.8, 4) is 45.0 Å². The van der Waals surface area contributed by atoms with Crippen LogP contribution in [0.5, 0.6) is 0 Å². The summed E-state index contributed by atoms with van der Waals surface area (Å²) in [6.07, 6.45) is 12.5. The quantitative estimate of drug-likeness (QED) is 0.532. The highest BCUT2D eigenvalue weighted by molar-refractivity contribution is 7.18. The predicted molar refractivity (Wildman–Crippen MR) is 97.5 cm³/mol. The van der Waals surface area contributed by atoms with Crippen LogP contribution in [0, 0.1) is 12.3 Å². The van der Waals surface area contributed by atoms with Gasteiger partial charge in [0.05, 0.1) is 10.6 Å². The van der Waals surface area contributed by atoms with Gasteiger partial charge in [0, 0.05) is 30.4 Å². The smallest absolute Gasteiger partial charge is 0.178 e. The van der Waals surface area contributed by atoms with Crippen LogP contribution >= 0.6 is 11.3 Å². The van der Waals surface area contributed by atoms with Gasteiger partial charge in [-0.25, -0.2) is 19.9 Å². The van der Waals surface area contributed by atoms with Gasteiger partial charge in [-0.15, -0.1) is 17.8 Å². The maximum absolute atomic E-state index is 5.65. The SMILES string of the molecule is C#Cc1nc(-c2cccnc2)sc1-c1cccc(-c2ncccn2)n1. The first-order chi connectivity index (χ1) is 12.3. The summed E-state index contributed by atoms with van der Waals surface area (Å²) in [5.74, 6) is 3.22. The Morgan fingerprint density at radius 2 is 1.72 bits per heavy atom. The van der Waals surface area contributed by atoms with E-state index < -0.39 is 0 Å². The Hall–Kier alpha value is -3.43. The van der Waals surface area contributed by atoms with Crippen molar-refractivity contribution in [2.45, 2.75) is 0 Å². The van der Waals surface area contributed by atoms with E-state index in [4.69, 9.17) is 6.42 Å². The summed E-state index contributed by atoms with van der Waals surface area (Å²) in [6.45, 7) is 0. The van der Waals surface area contributed by atoms with Crippen molar-refractivity contribution in [3.63, 3.8) is 0 Å². The first kappa shape index (κ1) is 15.1. The molecule has 0 aliphatic heterocycles. The summed E-state index contributed by atoms with van der Waals surface area (Å²) in [6, 6.07) is 11.3. The Labute approximate surface area is 148 Å². The zero-order valence-corrected chi connectivity index (χ0v) is 13.8. The van der Waals surface area contributed by atoms with E-state index in [0.717, 1.165) is 21.1 Å². The van der Waals surface area contributed by atoms with Gasteiger partial charge < -0.3 is 0 Å². The van der Waals surface area contributed by atoms with Crippen LogP contribution < -0.4 is 0 Å². The van der Waals surface area contributed by atoms with Gasteiger partial charge in [0.1, 0.15) is 16.4 Å². The minimum Gasteiger partial charge on any atom is -0.264 e. The lowest BCUT2D eigenvalue weighted by Gasteiger charge is -2.02.